The monoisotopic (exact) mass is 274 g/mol. The van der Waals surface area contributed by atoms with Crippen LogP contribution in [0.5, 0.6) is 0 Å². The highest BCUT2D eigenvalue weighted by Crippen LogP contribution is 2.24. The number of H-pyrrole nitrogens is 1. The first-order valence-electron chi connectivity index (χ1n) is 6.89. The van der Waals surface area contributed by atoms with Crippen LogP contribution in [0.2, 0.25) is 0 Å². The van der Waals surface area contributed by atoms with Crippen molar-refractivity contribution in [3.05, 3.63) is 53.9 Å². The van der Waals surface area contributed by atoms with Crippen molar-refractivity contribution in [1.29, 1.82) is 0 Å². The second-order valence-corrected chi connectivity index (χ2v) is 5.30. The number of aryl methyl sites for hydroxylation is 2. The summed E-state index contributed by atoms with van der Waals surface area (Å²) in [5.74, 6) is 0.863. The SMILES string of the molecule is Cc1cc2nc(-c3ccc4nccnc4c3)[nH]c2cc1C. The highest BCUT2D eigenvalue weighted by molar-refractivity contribution is 5.84. The van der Waals surface area contributed by atoms with Crippen LogP contribution in [-0.4, -0.2) is 19.9 Å². The van der Waals surface area contributed by atoms with Crippen molar-refractivity contribution < 1.29 is 0 Å². The van der Waals surface area contributed by atoms with Crippen molar-refractivity contribution in [3.63, 3.8) is 0 Å². The number of nitrogens with zero attached hydrogens (tertiary/aromatic N) is 3. The molecule has 4 aromatic rings. The number of fused-ring (bicyclic) bond motifs is 2. The van der Waals surface area contributed by atoms with E-state index in [0.717, 1.165) is 33.5 Å². The first-order valence-corrected chi connectivity index (χ1v) is 6.89. The molecule has 0 aliphatic rings. The maximum atomic E-state index is 4.69. The maximum absolute atomic E-state index is 4.69. The van der Waals surface area contributed by atoms with Crippen LogP contribution in [0, 0.1) is 13.8 Å². The molecule has 0 amide bonds. The lowest BCUT2D eigenvalue weighted by molar-refractivity contribution is 1.28. The van der Waals surface area contributed by atoms with Gasteiger partial charge in [-0.1, -0.05) is 0 Å². The van der Waals surface area contributed by atoms with Crippen LogP contribution in [0.4, 0.5) is 0 Å². The molecule has 2 aromatic carbocycles. The molecule has 2 heterocycles. The Balaban J connectivity index is 1.91. The van der Waals surface area contributed by atoms with Gasteiger partial charge in [-0.15, -0.1) is 0 Å². The summed E-state index contributed by atoms with van der Waals surface area (Å²) in [6, 6.07) is 10.3. The fourth-order valence-corrected chi connectivity index (χ4v) is 2.52. The number of imidazole rings is 1. The first kappa shape index (κ1) is 12.0. The van der Waals surface area contributed by atoms with Gasteiger partial charge in [-0.05, 0) is 55.3 Å². The quantitative estimate of drug-likeness (QED) is 0.574. The van der Waals surface area contributed by atoms with E-state index in [4.69, 9.17) is 0 Å². The average molecular weight is 274 g/mol. The van der Waals surface area contributed by atoms with Gasteiger partial charge in [-0.25, -0.2) is 4.98 Å². The van der Waals surface area contributed by atoms with Crippen molar-refractivity contribution >= 4 is 22.1 Å². The van der Waals surface area contributed by atoms with Gasteiger partial charge in [-0.2, -0.15) is 0 Å². The Hall–Kier alpha value is -2.75. The van der Waals surface area contributed by atoms with Crippen LogP contribution in [0.25, 0.3) is 33.5 Å². The summed E-state index contributed by atoms with van der Waals surface area (Å²) in [4.78, 5) is 16.7. The molecule has 1 N–H and O–H groups in total. The van der Waals surface area contributed by atoms with Crippen LogP contribution in [0.15, 0.2) is 42.7 Å². The van der Waals surface area contributed by atoms with Crippen LogP contribution in [-0.2, 0) is 0 Å². The fourth-order valence-electron chi connectivity index (χ4n) is 2.52. The maximum Gasteiger partial charge on any atom is 0.138 e. The summed E-state index contributed by atoms with van der Waals surface area (Å²) in [5.41, 5.74) is 7.37. The van der Waals surface area contributed by atoms with Crippen LogP contribution < -0.4 is 0 Å². The van der Waals surface area contributed by atoms with E-state index in [0.29, 0.717) is 0 Å². The Kier molecular flexibility index (Phi) is 2.51. The Morgan fingerprint density at radius 1 is 0.810 bits per heavy atom. The van der Waals surface area contributed by atoms with E-state index < -0.39 is 0 Å². The van der Waals surface area contributed by atoms with Gasteiger partial charge in [0.2, 0.25) is 0 Å². The molecule has 0 unspecified atom stereocenters. The van der Waals surface area contributed by atoms with E-state index in [-0.39, 0.29) is 0 Å². The second-order valence-electron chi connectivity index (χ2n) is 5.30. The van der Waals surface area contributed by atoms with Crippen LogP contribution in [0.3, 0.4) is 0 Å². The van der Waals surface area contributed by atoms with Crippen LogP contribution in [0.1, 0.15) is 11.1 Å². The van der Waals surface area contributed by atoms with Gasteiger partial charge in [0.1, 0.15) is 5.82 Å². The molecule has 102 valence electrons. The predicted molar refractivity (Wildman–Crippen MR) is 84.1 cm³/mol. The van der Waals surface area contributed by atoms with Gasteiger partial charge >= 0.3 is 0 Å². The first-order chi connectivity index (χ1) is 10.2. The molecule has 0 fully saturated rings. The summed E-state index contributed by atoms with van der Waals surface area (Å²) in [5, 5.41) is 0. The lowest BCUT2D eigenvalue weighted by atomic mass is 10.1. The van der Waals surface area contributed by atoms with E-state index >= 15 is 0 Å². The van der Waals surface area contributed by atoms with Crippen molar-refractivity contribution in [1.82, 2.24) is 19.9 Å². The van der Waals surface area contributed by atoms with Gasteiger partial charge in [-0.3, -0.25) is 9.97 Å². The Morgan fingerprint density at radius 2 is 1.57 bits per heavy atom. The van der Waals surface area contributed by atoms with E-state index in [9.17, 15) is 0 Å². The Bertz CT molecular complexity index is 930. The summed E-state index contributed by atoms with van der Waals surface area (Å²) in [6.07, 6.45) is 3.41. The normalized spacial score (nSPS) is 11.3. The molecule has 4 rings (SSSR count). The fraction of sp³-hybridized carbons (Fsp3) is 0.118. The number of aromatic nitrogens is 4. The van der Waals surface area contributed by atoms with Crippen LogP contribution >= 0.6 is 0 Å². The minimum absolute atomic E-state index is 0.863. The summed E-state index contributed by atoms with van der Waals surface area (Å²) < 4.78 is 0. The minimum Gasteiger partial charge on any atom is -0.338 e. The Morgan fingerprint density at radius 3 is 2.43 bits per heavy atom. The molecule has 0 spiro atoms. The summed E-state index contributed by atoms with van der Waals surface area (Å²) in [6.45, 7) is 4.22. The zero-order valence-corrected chi connectivity index (χ0v) is 11.9. The molecule has 4 heteroatoms. The highest BCUT2D eigenvalue weighted by Gasteiger charge is 2.08. The molecule has 0 saturated carbocycles. The zero-order valence-electron chi connectivity index (χ0n) is 11.9. The van der Waals surface area contributed by atoms with Gasteiger partial charge in [0.05, 0.1) is 22.1 Å². The number of nitrogens with one attached hydrogen (secondary N) is 1. The van der Waals surface area contributed by atoms with Crippen molar-refractivity contribution in [2.45, 2.75) is 13.8 Å². The van der Waals surface area contributed by atoms with Crippen molar-refractivity contribution in [3.8, 4) is 11.4 Å². The third kappa shape index (κ3) is 1.96. The zero-order chi connectivity index (χ0) is 14.4. The molecular weight excluding hydrogens is 260 g/mol. The minimum atomic E-state index is 0.863. The lowest BCUT2D eigenvalue weighted by Gasteiger charge is -1.99. The lowest BCUT2D eigenvalue weighted by Crippen LogP contribution is -1.85. The van der Waals surface area contributed by atoms with E-state index in [1.54, 1.807) is 12.4 Å². The van der Waals surface area contributed by atoms with E-state index in [1.165, 1.54) is 11.1 Å². The van der Waals surface area contributed by atoms with Gasteiger partial charge in [0, 0.05) is 18.0 Å². The number of benzene rings is 2. The van der Waals surface area contributed by atoms with Crippen molar-refractivity contribution in [2.24, 2.45) is 0 Å². The summed E-state index contributed by atoms with van der Waals surface area (Å²) in [7, 11) is 0. The van der Waals surface area contributed by atoms with Gasteiger partial charge < -0.3 is 4.98 Å². The molecule has 21 heavy (non-hydrogen) atoms. The van der Waals surface area contributed by atoms with Gasteiger partial charge in [0.25, 0.3) is 0 Å². The molecular formula is C17H14N4. The Labute approximate surface area is 121 Å². The number of hydrogen-bond acceptors (Lipinski definition) is 3. The summed E-state index contributed by atoms with van der Waals surface area (Å²) >= 11 is 0. The average Bonchev–Trinajstić information content (AvgIpc) is 2.90. The number of rotatable bonds is 1. The smallest absolute Gasteiger partial charge is 0.138 e. The molecule has 0 aliphatic carbocycles. The second kappa shape index (κ2) is 4.38. The largest absolute Gasteiger partial charge is 0.338 e. The van der Waals surface area contributed by atoms with Crippen molar-refractivity contribution in [2.75, 3.05) is 0 Å². The highest BCUT2D eigenvalue weighted by atomic mass is 14.9. The van der Waals surface area contributed by atoms with E-state index in [2.05, 4.69) is 45.9 Å². The molecule has 0 saturated heterocycles. The molecule has 0 atom stereocenters. The third-order valence-corrected chi connectivity index (χ3v) is 3.84. The number of aromatic amines is 1. The van der Waals surface area contributed by atoms with Gasteiger partial charge in [0.15, 0.2) is 0 Å². The van der Waals surface area contributed by atoms with E-state index in [1.807, 2.05) is 18.2 Å². The number of hydrogen-bond donors (Lipinski definition) is 1. The molecule has 0 aliphatic heterocycles. The third-order valence-electron chi connectivity index (χ3n) is 3.84. The molecule has 0 radical (unpaired) electrons. The standard InChI is InChI=1S/C17H14N4/c1-10-7-15-16(8-11(10)2)21-17(20-15)12-3-4-13-14(9-12)19-6-5-18-13/h3-9H,1-2H3,(H,20,21). The molecule has 0 bridgehead atoms. The predicted octanol–water partition coefficient (Wildman–Crippen LogP) is 3.79. The topological polar surface area (TPSA) is 54.5 Å². The molecule has 2 aromatic heterocycles. The molecule has 4 nitrogen and oxygen atoms in total.